The monoisotopic (exact) mass is 382 g/mol. The summed E-state index contributed by atoms with van der Waals surface area (Å²) >= 11 is 0. The molecule has 3 heteroatoms. The maximum Gasteiger partial charge on any atom is 0.124 e. The normalized spacial score (nSPS) is 12.5. The predicted molar refractivity (Wildman–Crippen MR) is 122 cm³/mol. The van der Waals surface area contributed by atoms with Crippen LogP contribution in [0, 0.1) is 0 Å². The molecule has 1 N–H and O–H groups in total. The van der Waals surface area contributed by atoms with Crippen molar-refractivity contribution >= 4 is 5.69 Å². The summed E-state index contributed by atoms with van der Waals surface area (Å²) < 4.78 is 0. The Bertz CT molecular complexity index is 768. The van der Waals surface area contributed by atoms with Crippen LogP contribution >= 0.6 is 0 Å². The molecule has 2 rings (SSSR count). The fourth-order valence-electron chi connectivity index (χ4n) is 3.28. The second-order valence-electron chi connectivity index (χ2n) is 10.1. The maximum absolute atomic E-state index is 11.2. The summed E-state index contributed by atoms with van der Waals surface area (Å²) in [6.07, 6.45) is 0. The van der Waals surface area contributed by atoms with E-state index >= 15 is 0 Å². The van der Waals surface area contributed by atoms with Gasteiger partial charge in [-0.05, 0) is 54.3 Å². The van der Waals surface area contributed by atoms with Crippen LogP contribution in [0.3, 0.4) is 0 Å². The predicted octanol–water partition coefficient (Wildman–Crippen LogP) is 5.56. The molecule has 0 amide bonds. The van der Waals surface area contributed by atoms with E-state index in [2.05, 4.69) is 102 Å². The number of benzene rings is 2. The molecule has 2 aromatic carbocycles. The average Bonchev–Trinajstić information content (AvgIpc) is 2.58. The van der Waals surface area contributed by atoms with Gasteiger partial charge in [-0.3, -0.25) is 0 Å². The van der Waals surface area contributed by atoms with Crippen molar-refractivity contribution in [1.29, 1.82) is 0 Å². The van der Waals surface area contributed by atoms with Crippen molar-refractivity contribution in [1.82, 2.24) is 4.90 Å². The first-order chi connectivity index (χ1) is 12.9. The minimum absolute atomic E-state index is 0.0314. The van der Waals surface area contributed by atoms with Crippen molar-refractivity contribution in [3.05, 3.63) is 59.2 Å². The summed E-state index contributed by atoms with van der Waals surface area (Å²) in [5.41, 5.74) is 4.40. The third-order valence-corrected chi connectivity index (χ3v) is 5.16. The van der Waals surface area contributed by atoms with Crippen LogP contribution in [-0.2, 0) is 17.4 Å². The number of hydrogen-bond donors (Lipinski definition) is 1. The Morgan fingerprint density at radius 3 is 1.93 bits per heavy atom. The van der Waals surface area contributed by atoms with E-state index in [4.69, 9.17) is 0 Å². The smallest absolute Gasteiger partial charge is 0.124 e. The van der Waals surface area contributed by atoms with Crippen molar-refractivity contribution in [3.8, 4) is 5.75 Å². The molecule has 0 heterocycles. The molecule has 0 aromatic heterocycles. The first-order valence-electron chi connectivity index (χ1n) is 10.2. The molecule has 0 saturated heterocycles. The number of phenols is 1. The van der Waals surface area contributed by atoms with Crippen molar-refractivity contribution in [2.45, 2.75) is 58.9 Å². The lowest BCUT2D eigenvalue weighted by molar-refractivity contribution is 0.410. The zero-order valence-corrected chi connectivity index (χ0v) is 19.0. The molecule has 0 aliphatic rings. The van der Waals surface area contributed by atoms with Gasteiger partial charge in [-0.25, -0.2) is 0 Å². The van der Waals surface area contributed by atoms with Gasteiger partial charge in [0.1, 0.15) is 5.75 Å². The van der Waals surface area contributed by atoms with Crippen LogP contribution in [0.1, 0.15) is 58.2 Å². The van der Waals surface area contributed by atoms with E-state index in [1.807, 2.05) is 6.07 Å². The summed E-state index contributed by atoms with van der Waals surface area (Å²) in [7, 11) is 4.19. The maximum atomic E-state index is 11.2. The Hall–Kier alpha value is -2.00. The number of aromatic hydroxyl groups is 1. The lowest BCUT2D eigenvalue weighted by Crippen LogP contribution is -2.31. The fraction of sp³-hybridized carbons (Fsp3) is 0.520. The molecular formula is C25H38N2O. The van der Waals surface area contributed by atoms with Gasteiger partial charge in [-0.15, -0.1) is 0 Å². The van der Waals surface area contributed by atoms with E-state index in [9.17, 15) is 5.11 Å². The van der Waals surface area contributed by atoms with Gasteiger partial charge in [0.25, 0.3) is 0 Å². The van der Waals surface area contributed by atoms with Crippen molar-refractivity contribution < 1.29 is 5.11 Å². The van der Waals surface area contributed by atoms with Gasteiger partial charge < -0.3 is 14.9 Å². The zero-order valence-electron chi connectivity index (χ0n) is 19.0. The van der Waals surface area contributed by atoms with Gasteiger partial charge >= 0.3 is 0 Å². The fourth-order valence-corrected chi connectivity index (χ4v) is 3.28. The van der Waals surface area contributed by atoms with Gasteiger partial charge in [0.2, 0.25) is 0 Å². The van der Waals surface area contributed by atoms with Gasteiger partial charge in [-0.1, -0.05) is 65.8 Å². The minimum atomic E-state index is -0.110. The lowest BCUT2D eigenvalue weighted by atomic mass is 9.79. The van der Waals surface area contributed by atoms with E-state index in [0.717, 1.165) is 24.2 Å². The number of anilines is 1. The topological polar surface area (TPSA) is 26.7 Å². The van der Waals surface area contributed by atoms with Gasteiger partial charge in [0.05, 0.1) is 0 Å². The van der Waals surface area contributed by atoms with Gasteiger partial charge in [-0.2, -0.15) is 0 Å². The quantitative estimate of drug-likeness (QED) is 0.709. The average molecular weight is 383 g/mol. The van der Waals surface area contributed by atoms with Gasteiger partial charge in [0.15, 0.2) is 0 Å². The molecule has 0 unspecified atom stereocenters. The first kappa shape index (κ1) is 22.3. The molecule has 3 nitrogen and oxygen atoms in total. The zero-order chi connectivity index (χ0) is 21.1. The molecule has 0 aliphatic heterocycles. The Labute approximate surface area is 172 Å². The highest BCUT2D eigenvalue weighted by atomic mass is 16.3. The van der Waals surface area contributed by atoms with E-state index in [0.29, 0.717) is 12.3 Å². The third kappa shape index (κ3) is 5.75. The summed E-state index contributed by atoms with van der Waals surface area (Å²) in [6.45, 7) is 15.8. The Balaban J connectivity index is 2.50. The highest BCUT2D eigenvalue weighted by Crippen LogP contribution is 2.38. The number of rotatable bonds is 6. The molecule has 0 atom stereocenters. The summed E-state index contributed by atoms with van der Waals surface area (Å²) in [5.74, 6) is 0.436. The molecule has 0 fully saturated rings. The van der Waals surface area contributed by atoms with Crippen molar-refractivity contribution in [3.63, 3.8) is 0 Å². The Morgan fingerprint density at radius 1 is 0.821 bits per heavy atom. The highest BCUT2D eigenvalue weighted by Gasteiger charge is 2.25. The van der Waals surface area contributed by atoms with Gasteiger partial charge in [0, 0.05) is 30.9 Å². The second kappa shape index (κ2) is 8.57. The van der Waals surface area contributed by atoms with Crippen LogP contribution < -0.4 is 4.90 Å². The van der Waals surface area contributed by atoms with E-state index in [1.54, 1.807) is 0 Å². The SMILES string of the molecule is CN(C)CCN(Cc1cc(C(C)(C)C)cc(C(C)(C)C)c1O)c1ccccc1. The van der Waals surface area contributed by atoms with Crippen LogP contribution in [0.25, 0.3) is 0 Å². The first-order valence-corrected chi connectivity index (χ1v) is 10.2. The molecule has 0 bridgehead atoms. The van der Waals surface area contributed by atoms with Crippen LogP contribution in [0.4, 0.5) is 5.69 Å². The lowest BCUT2D eigenvalue weighted by Gasteiger charge is -2.31. The van der Waals surface area contributed by atoms with Crippen LogP contribution in [0.2, 0.25) is 0 Å². The third-order valence-electron chi connectivity index (χ3n) is 5.16. The minimum Gasteiger partial charge on any atom is -0.507 e. The van der Waals surface area contributed by atoms with Crippen LogP contribution in [0.15, 0.2) is 42.5 Å². The molecule has 0 saturated carbocycles. The molecular weight excluding hydrogens is 344 g/mol. The number of para-hydroxylation sites is 1. The molecule has 0 spiro atoms. The standard InChI is InChI=1S/C25H38N2O/c1-24(2,3)20-16-19(23(28)22(17-20)25(4,5)6)18-27(15-14-26(7)8)21-12-10-9-11-13-21/h9-13,16-17,28H,14-15,18H2,1-8H3. The summed E-state index contributed by atoms with van der Waals surface area (Å²) in [6, 6.07) is 14.9. The molecule has 154 valence electrons. The highest BCUT2D eigenvalue weighted by molar-refractivity contribution is 5.52. The number of likely N-dealkylation sites (N-methyl/N-ethyl adjacent to an activating group) is 1. The largest absolute Gasteiger partial charge is 0.507 e. The number of phenolic OH excluding ortho intramolecular Hbond substituents is 1. The molecule has 28 heavy (non-hydrogen) atoms. The number of nitrogens with zero attached hydrogens (tertiary/aromatic N) is 2. The van der Waals surface area contributed by atoms with Crippen LogP contribution in [0.5, 0.6) is 5.75 Å². The van der Waals surface area contributed by atoms with Crippen LogP contribution in [-0.4, -0.2) is 37.2 Å². The van der Waals surface area contributed by atoms with Crippen molar-refractivity contribution in [2.24, 2.45) is 0 Å². The molecule has 2 aromatic rings. The van der Waals surface area contributed by atoms with E-state index in [-0.39, 0.29) is 10.8 Å². The van der Waals surface area contributed by atoms with E-state index in [1.165, 1.54) is 11.3 Å². The molecule has 0 aliphatic carbocycles. The summed E-state index contributed by atoms with van der Waals surface area (Å²) in [5, 5.41) is 11.2. The second-order valence-corrected chi connectivity index (χ2v) is 10.1. The Morgan fingerprint density at radius 2 is 1.43 bits per heavy atom. The Kier molecular flexibility index (Phi) is 6.82. The molecule has 0 radical (unpaired) electrons. The van der Waals surface area contributed by atoms with E-state index < -0.39 is 0 Å². The summed E-state index contributed by atoms with van der Waals surface area (Å²) in [4.78, 5) is 4.55. The number of hydrogen-bond acceptors (Lipinski definition) is 3. The van der Waals surface area contributed by atoms with Crippen molar-refractivity contribution in [2.75, 3.05) is 32.1 Å².